The van der Waals surface area contributed by atoms with Crippen molar-refractivity contribution in [2.75, 3.05) is 18.9 Å². The summed E-state index contributed by atoms with van der Waals surface area (Å²) in [4.78, 5) is 30.4. The maximum atomic E-state index is 13.2. The van der Waals surface area contributed by atoms with E-state index >= 15 is 0 Å². The second-order valence-corrected chi connectivity index (χ2v) is 6.21. The van der Waals surface area contributed by atoms with Crippen molar-refractivity contribution in [3.05, 3.63) is 71.4 Å². The van der Waals surface area contributed by atoms with Gasteiger partial charge in [-0.15, -0.1) is 0 Å². The standard InChI is InChI=1S/C20H17F2N3O2/c1-12-7-13-5-3-4-6-17(13)24-19(12)20(27)25(2)11-18(26)23-16-9-14(21)8-15(22)10-16/h3-10H,11H2,1-2H3,(H,23,26). The van der Waals surface area contributed by atoms with Gasteiger partial charge in [0.05, 0.1) is 12.1 Å². The Hall–Kier alpha value is -3.35. The molecule has 0 aliphatic heterocycles. The van der Waals surface area contributed by atoms with E-state index in [0.717, 1.165) is 17.5 Å². The van der Waals surface area contributed by atoms with Crippen molar-refractivity contribution < 1.29 is 18.4 Å². The number of nitrogens with zero attached hydrogens (tertiary/aromatic N) is 2. The van der Waals surface area contributed by atoms with E-state index in [1.165, 1.54) is 11.9 Å². The van der Waals surface area contributed by atoms with E-state index in [2.05, 4.69) is 10.3 Å². The number of rotatable bonds is 4. The maximum absolute atomic E-state index is 13.2. The molecule has 0 spiro atoms. The number of fused-ring (bicyclic) bond motifs is 1. The summed E-state index contributed by atoms with van der Waals surface area (Å²) in [6.45, 7) is 1.49. The lowest BCUT2D eigenvalue weighted by molar-refractivity contribution is -0.116. The number of anilines is 1. The Morgan fingerprint density at radius 3 is 2.44 bits per heavy atom. The molecule has 27 heavy (non-hydrogen) atoms. The van der Waals surface area contributed by atoms with E-state index in [1.807, 2.05) is 24.3 Å². The van der Waals surface area contributed by atoms with Gasteiger partial charge in [-0.3, -0.25) is 9.59 Å². The zero-order chi connectivity index (χ0) is 19.6. The number of para-hydroxylation sites is 1. The van der Waals surface area contributed by atoms with Crippen molar-refractivity contribution >= 4 is 28.4 Å². The molecule has 0 bridgehead atoms. The zero-order valence-electron chi connectivity index (χ0n) is 14.8. The molecule has 0 atom stereocenters. The zero-order valence-corrected chi connectivity index (χ0v) is 14.8. The van der Waals surface area contributed by atoms with Crippen LogP contribution in [0.15, 0.2) is 48.5 Å². The fraction of sp³-hybridized carbons (Fsp3) is 0.150. The molecule has 0 saturated heterocycles. The molecule has 3 aromatic rings. The van der Waals surface area contributed by atoms with E-state index in [-0.39, 0.29) is 17.9 Å². The van der Waals surface area contributed by atoms with Crippen molar-refractivity contribution in [1.29, 1.82) is 0 Å². The summed E-state index contributed by atoms with van der Waals surface area (Å²) in [5.74, 6) is -2.59. The molecule has 1 N–H and O–H groups in total. The number of aryl methyl sites for hydroxylation is 1. The second-order valence-electron chi connectivity index (χ2n) is 6.21. The van der Waals surface area contributed by atoms with Crippen molar-refractivity contribution in [2.24, 2.45) is 0 Å². The summed E-state index contributed by atoms with van der Waals surface area (Å²) in [6, 6.07) is 12.0. The van der Waals surface area contributed by atoms with Gasteiger partial charge in [0.25, 0.3) is 5.91 Å². The van der Waals surface area contributed by atoms with Crippen molar-refractivity contribution in [1.82, 2.24) is 9.88 Å². The monoisotopic (exact) mass is 369 g/mol. The molecule has 0 saturated carbocycles. The number of nitrogens with one attached hydrogen (secondary N) is 1. The number of pyridine rings is 1. The molecule has 0 aliphatic carbocycles. The average molecular weight is 369 g/mol. The minimum absolute atomic E-state index is 0.0154. The van der Waals surface area contributed by atoms with E-state index in [9.17, 15) is 18.4 Å². The number of halogens is 2. The van der Waals surface area contributed by atoms with Crippen molar-refractivity contribution in [2.45, 2.75) is 6.92 Å². The van der Waals surface area contributed by atoms with Gasteiger partial charge in [-0.1, -0.05) is 18.2 Å². The van der Waals surface area contributed by atoms with Crippen LogP contribution in [0.4, 0.5) is 14.5 Å². The van der Waals surface area contributed by atoms with Crippen LogP contribution < -0.4 is 5.32 Å². The molecule has 0 unspecified atom stereocenters. The summed E-state index contributed by atoms with van der Waals surface area (Å²) in [6.07, 6.45) is 0. The van der Waals surface area contributed by atoms with Gasteiger partial charge < -0.3 is 10.2 Å². The fourth-order valence-electron chi connectivity index (χ4n) is 2.73. The van der Waals surface area contributed by atoms with Crippen LogP contribution in [0.5, 0.6) is 0 Å². The summed E-state index contributed by atoms with van der Waals surface area (Å²) in [7, 11) is 1.46. The van der Waals surface area contributed by atoms with E-state index < -0.39 is 23.4 Å². The number of likely N-dealkylation sites (N-methyl/N-ethyl adjacent to an activating group) is 1. The number of carbonyl (C=O) groups is 2. The summed E-state index contributed by atoms with van der Waals surface area (Å²) in [5, 5.41) is 3.29. The van der Waals surface area contributed by atoms with Crippen LogP contribution in [-0.4, -0.2) is 35.3 Å². The van der Waals surface area contributed by atoms with Gasteiger partial charge in [-0.25, -0.2) is 13.8 Å². The molecule has 1 aromatic heterocycles. The van der Waals surface area contributed by atoms with E-state index in [0.29, 0.717) is 17.1 Å². The van der Waals surface area contributed by atoms with Gasteiger partial charge in [0.2, 0.25) is 5.91 Å². The molecule has 1 heterocycles. The quantitative estimate of drug-likeness (QED) is 0.765. The lowest BCUT2D eigenvalue weighted by Gasteiger charge is -2.18. The first-order valence-corrected chi connectivity index (χ1v) is 8.21. The Balaban J connectivity index is 1.73. The predicted molar refractivity (Wildman–Crippen MR) is 98.4 cm³/mol. The molecule has 0 radical (unpaired) electrons. The summed E-state index contributed by atoms with van der Waals surface area (Å²) in [5.41, 5.74) is 1.61. The molecule has 2 aromatic carbocycles. The topological polar surface area (TPSA) is 62.3 Å². The number of benzene rings is 2. The van der Waals surface area contributed by atoms with Crippen LogP contribution in [0, 0.1) is 18.6 Å². The minimum Gasteiger partial charge on any atom is -0.331 e. The minimum atomic E-state index is -0.800. The molecule has 0 fully saturated rings. The van der Waals surface area contributed by atoms with Gasteiger partial charge in [-0.2, -0.15) is 0 Å². The predicted octanol–water partition coefficient (Wildman–Crippen LogP) is 3.53. The van der Waals surface area contributed by atoms with E-state index in [4.69, 9.17) is 0 Å². The molecule has 0 aliphatic rings. The highest BCUT2D eigenvalue weighted by molar-refractivity contribution is 6.00. The molecule has 3 rings (SSSR count). The van der Waals surface area contributed by atoms with Gasteiger partial charge in [0, 0.05) is 24.2 Å². The molecule has 138 valence electrons. The fourth-order valence-corrected chi connectivity index (χ4v) is 2.73. The van der Waals surface area contributed by atoms with E-state index in [1.54, 1.807) is 13.0 Å². The number of amides is 2. The SMILES string of the molecule is Cc1cc2ccccc2nc1C(=O)N(C)CC(=O)Nc1cc(F)cc(F)c1. The number of hydrogen-bond donors (Lipinski definition) is 1. The van der Waals surface area contributed by atoms with Crippen LogP contribution in [0.3, 0.4) is 0 Å². The molecule has 2 amide bonds. The smallest absolute Gasteiger partial charge is 0.272 e. The number of aromatic nitrogens is 1. The van der Waals surface area contributed by atoms with Crippen LogP contribution in [-0.2, 0) is 4.79 Å². The third-order valence-corrected chi connectivity index (χ3v) is 3.99. The van der Waals surface area contributed by atoms with Crippen LogP contribution >= 0.6 is 0 Å². The average Bonchev–Trinajstić information content (AvgIpc) is 2.59. The highest BCUT2D eigenvalue weighted by atomic mass is 19.1. The lowest BCUT2D eigenvalue weighted by Crippen LogP contribution is -2.35. The second kappa shape index (κ2) is 7.49. The maximum Gasteiger partial charge on any atom is 0.272 e. The first-order chi connectivity index (χ1) is 12.8. The van der Waals surface area contributed by atoms with Gasteiger partial charge in [-0.05, 0) is 36.8 Å². The number of carbonyl (C=O) groups excluding carboxylic acids is 2. The first kappa shape index (κ1) is 18.4. The number of hydrogen-bond acceptors (Lipinski definition) is 3. The van der Waals surface area contributed by atoms with Crippen LogP contribution in [0.25, 0.3) is 10.9 Å². The Labute approximate surface area is 154 Å². The van der Waals surface area contributed by atoms with Crippen molar-refractivity contribution in [3.8, 4) is 0 Å². The largest absolute Gasteiger partial charge is 0.331 e. The van der Waals surface area contributed by atoms with Gasteiger partial charge >= 0.3 is 0 Å². The Kier molecular flexibility index (Phi) is 5.12. The van der Waals surface area contributed by atoms with Gasteiger partial charge in [0.1, 0.15) is 17.3 Å². The van der Waals surface area contributed by atoms with Gasteiger partial charge in [0.15, 0.2) is 0 Å². The lowest BCUT2D eigenvalue weighted by atomic mass is 10.1. The summed E-state index contributed by atoms with van der Waals surface area (Å²) >= 11 is 0. The first-order valence-electron chi connectivity index (χ1n) is 8.21. The molecule has 7 heteroatoms. The van der Waals surface area contributed by atoms with Crippen LogP contribution in [0.2, 0.25) is 0 Å². The highest BCUT2D eigenvalue weighted by Crippen LogP contribution is 2.17. The normalized spacial score (nSPS) is 10.7. The van der Waals surface area contributed by atoms with Crippen LogP contribution in [0.1, 0.15) is 16.1 Å². The molecule has 5 nitrogen and oxygen atoms in total. The Morgan fingerprint density at radius 1 is 1.07 bits per heavy atom. The van der Waals surface area contributed by atoms with Crippen molar-refractivity contribution in [3.63, 3.8) is 0 Å². The molecular weight excluding hydrogens is 352 g/mol. The Morgan fingerprint density at radius 2 is 1.74 bits per heavy atom. The highest BCUT2D eigenvalue weighted by Gasteiger charge is 2.19. The summed E-state index contributed by atoms with van der Waals surface area (Å²) < 4.78 is 26.4. The Bertz CT molecular complexity index is 1020. The molecular formula is C20H17F2N3O2. The third-order valence-electron chi connectivity index (χ3n) is 3.99. The third kappa shape index (κ3) is 4.25.